The smallest absolute Gasteiger partial charge is 0.325 e. The lowest BCUT2D eigenvalue weighted by molar-refractivity contribution is -0.154. The number of nitrogens with one attached hydrogen (secondary N) is 1. The molecular formula is C28H37N3O7. The zero-order valence-corrected chi connectivity index (χ0v) is 21.8. The second kappa shape index (κ2) is 15.6. The average Bonchev–Trinajstić information content (AvgIpc) is 2.89. The van der Waals surface area contributed by atoms with Crippen LogP contribution in [-0.4, -0.2) is 76.7 Å². The highest BCUT2D eigenvalue weighted by Crippen LogP contribution is 2.17. The van der Waals surface area contributed by atoms with E-state index in [1.165, 1.54) is 14.0 Å². The Balaban J connectivity index is 2.42. The van der Waals surface area contributed by atoms with Crippen LogP contribution in [0.25, 0.3) is 0 Å². The number of carbonyl (C=O) groups is 4. The summed E-state index contributed by atoms with van der Waals surface area (Å²) < 4.78 is 4.99. The summed E-state index contributed by atoms with van der Waals surface area (Å²) in [6, 6.07) is 13.9. The summed E-state index contributed by atoms with van der Waals surface area (Å²) in [5.41, 5.74) is 7.67. The first-order chi connectivity index (χ1) is 18.1. The fourth-order valence-electron chi connectivity index (χ4n) is 3.96. The summed E-state index contributed by atoms with van der Waals surface area (Å²) in [6.07, 6.45) is -0.684. The van der Waals surface area contributed by atoms with E-state index in [-0.39, 0.29) is 19.3 Å². The van der Waals surface area contributed by atoms with Gasteiger partial charge in [-0.3, -0.25) is 24.1 Å². The molecule has 0 heterocycles. The quantitative estimate of drug-likeness (QED) is 0.252. The van der Waals surface area contributed by atoms with Gasteiger partial charge in [0, 0.05) is 20.1 Å². The molecule has 4 atom stereocenters. The number of aliphatic hydroxyl groups excluding tert-OH is 1. The molecule has 0 spiro atoms. The Morgan fingerprint density at radius 3 is 2.05 bits per heavy atom. The fraction of sp³-hybridized carbons (Fsp3) is 0.429. The summed E-state index contributed by atoms with van der Waals surface area (Å²) in [5.74, 6) is -3.65. The maximum absolute atomic E-state index is 13.7. The van der Waals surface area contributed by atoms with Gasteiger partial charge in [0.05, 0.1) is 18.6 Å². The lowest BCUT2D eigenvalue weighted by atomic mass is 9.99. The summed E-state index contributed by atoms with van der Waals surface area (Å²) in [7, 11) is 1.52. The van der Waals surface area contributed by atoms with E-state index in [1.54, 1.807) is 54.6 Å². The highest BCUT2D eigenvalue weighted by Gasteiger charge is 2.38. The largest absolute Gasteiger partial charge is 0.480 e. The van der Waals surface area contributed by atoms with Crippen molar-refractivity contribution in [3.63, 3.8) is 0 Å². The van der Waals surface area contributed by atoms with Crippen molar-refractivity contribution in [2.45, 2.75) is 63.3 Å². The number of amides is 3. The second-order valence-corrected chi connectivity index (χ2v) is 9.17. The zero-order chi connectivity index (χ0) is 28.1. The van der Waals surface area contributed by atoms with Gasteiger partial charge in [0.2, 0.25) is 17.7 Å². The Labute approximate surface area is 222 Å². The van der Waals surface area contributed by atoms with Crippen molar-refractivity contribution in [1.29, 1.82) is 0 Å². The van der Waals surface area contributed by atoms with Gasteiger partial charge in [0.15, 0.2) is 0 Å². The molecule has 5 N–H and O–H groups in total. The number of nitrogens with zero attached hydrogens (tertiary/aromatic N) is 1. The van der Waals surface area contributed by atoms with E-state index in [0.717, 1.165) is 10.5 Å². The topological polar surface area (TPSA) is 159 Å². The maximum atomic E-state index is 13.7. The first kappa shape index (κ1) is 30.6. The average molecular weight is 528 g/mol. The van der Waals surface area contributed by atoms with E-state index in [9.17, 15) is 29.4 Å². The van der Waals surface area contributed by atoms with Gasteiger partial charge in [-0.15, -0.1) is 0 Å². The lowest BCUT2D eigenvalue weighted by Gasteiger charge is -2.32. The number of aliphatic hydroxyl groups is 1. The molecule has 0 aliphatic rings. The van der Waals surface area contributed by atoms with Gasteiger partial charge in [0.25, 0.3) is 0 Å². The zero-order valence-electron chi connectivity index (χ0n) is 21.8. The molecule has 0 radical (unpaired) electrons. The molecular weight excluding hydrogens is 490 g/mol. The molecule has 38 heavy (non-hydrogen) atoms. The predicted octanol–water partition coefficient (Wildman–Crippen LogP) is 1.29. The van der Waals surface area contributed by atoms with E-state index in [0.29, 0.717) is 18.6 Å². The number of methoxy groups -OCH3 is 1. The highest BCUT2D eigenvalue weighted by atomic mass is 16.5. The number of benzene rings is 2. The van der Waals surface area contributed by atoms with Crippen LogP contribution in [0.5, 0.6) is 0 Å². The number of rotatable bonds is 15. The SMILES string of the molecule is COCCC[C@@H](O)CC(=O)N(C(=O)[C@H](N)Cc1ccccc1)[C@@H](Cc1ccccc1)C(=O)N[C@@H](C)C(=O)O. The van der Waals surface area contributed by atoms with Gasteiger partial charge in [-0.1, -0.05) is 60.7 Å². The highest BCUT2D eigenvalue weighted by molar-refractivity contribution is 6.03. The number of ether oxygens (including phenoxy) is 1. The Hall–Kier alpha value is -3.60. The second-order valence-electron chi connectivity index (χ2n) is 9.17. The van der Waals surface area contributed by atoms with Crippen LogP contribution in [-0.2, 0) is 36.8 Å². The first-order valence-corrected chi connectivity index (χ1v) is 12.5. The third kappa shape index (κ3) is 9.70. The van der Waals surface area contributed by atoms with Gasteiger partial charge in [0.1, 0.15) is 12.1 Å². The minimum atomic E-state index is -1.38. The minimum absolute atomic E-state index is 0.0612. The van der Waals surface area contributed by atoms with Crippen molar-refractivity contribution in [3.8, 4) is 0 Å². The van der Waals surface area contributed by atoms with Gasteiger partial charge in [-0.2, -0.15) is 0 Å². The lowest BCUT2D eigenvalue weighted by Crippen LogP contribution is -2.59. The van der Waals surface area contributed by atoms with Crippen molar-refractivity contribution in [2.75, 3.05) is 13.7 Å². The summed E-state index contributed by atoms with van der Waals surface area (Å²) in [4.78, 5) is 52.7. The molecule has 0 aliphatic carbocycles. The van der Waals surface area contributed by atoms with Crippen LogP contribution >= 0.6 is 0 Å². The number of nitrogens with two attached hydrogens (primary N) is 1. The molecule has 10 nitrogen and oxygen atoms in total. The molecule has 0 unspecified atom stereocenters. The van der Waals surface area contributed by atoms with Crippen molar-refractivity contribution in [3.05, 3.63) is 71.8 Å². The number of carboxylic acid groups (broad SMARTS) is 1. The molecule has 0 saturated heterocycles. The van der Waals surface area contributed by atoms with Crippen LogP contribution < -0.4 is 11.1 Å². The number of carbonyl (C=O) groups excluding carboxylic acids is 3. The molecule has 0 bridgehead atoms. The van der Waals surface area contributed by atoms with Crippen molar-refractivity contribution < 1.29 is 34.1 Å². The van der Waals surface area contributed by atoms with Crippen molar-refractivity contribution >= 4 is 23.7 Å². The molecule has 0 fully saturated rings. The van der Waals surface area contributed by atoms with Gasteiger partial charge in [-0.05, 0) is 37.3 Å². The number of imide groups is 1. The van der Waals surface area contributed by atoms with Crippen LogP contribution in [0.2, 0.25) is 0 Å². The van der Waals surface area contributed by atoms with Crippen LogP contribution in [0.4, 0.5) is 0 Å². The summed E-state index contributed by atoms with van der Waals surface area (Å²) in [6.45, 7) is 1.68. The molecule has 2 aromatic carbocycles. The Bertz CT molecular complexity index is 1050. The summed E-state index contributed by atoms with van der Waals surface area (Å²) in [5, 5.41) is 22.1. The number of aliphatic carboxylic acids is 1. The Morgan fingerprint density at radius 1 is 0.974 bits per heavy atom. The molecule has 0 aromatic heterocycles. The van der Waals surface area contributed by atoms with Gasteiger partial charge in [-0.25, -0.2) is 0 Å². The molecule has 206 valence electrons. The normalized spacial score (nSPS) is 14.1. The summed E-state index contributed by atoms with van der Waals surface area (Å²) >= 11 is 0. The standard InChI is InChI=1S/C28H37N3O7/c1-19(28(36)37)30-26(34)24(17-21-12-7-4-8-13-21)31(25(33)18-22(32)14-9-15-38-2)27(35)23(29)16-20-10-5-3-6-11-20/h3-8,10-13,19,22-24,32H,9,14-18,29H2,1-2H3,(H,30,34)(H,36,37)/t19-,22+,23+,24-/m0/s1. The van der Waals surface area contributed by atoms with E-state index in [4.69, 9.17) is 10.5 Å². The van der Waals surface area contributed by atoms with Gasteiger partial charge >= 0.3 is 5.97 Å². The van der Waals surface area contributed by atoms with Crippen LogP contribution in [0, 0.1) is 0 Å². The molecule has 0 aliphatic heterocycles. The third-order valence-corrected chi connectivity index (χ3v) is 6.03. The van der Waals surface area contributed by atoms with Crippen molar-refractivity contribution in [2.24, 2.45) is 5.73 Å². The van der Waals surface area contributed by atoms with Crippen molar-refractivity contribution in [1.82, 2.24) is 10.2 Å². The maximum Gasteiger partial charge on any atom is 0.325 e. The molecule has 3 amide bonds. The Kier molecular flexibility index (Phi) is 12.6. The predicted molar refractivity (Wildman–Crippen MR) is 141 cm³/mol. The van der Waals surface area contributed by atoms with E-state index < -0.39 is 54.3 Å². The van der Waals surface area contributed by atoms with Crippen LogP contribution in [0.3, 0.4) is 0 Å². The fourth-order valence-corrected chi connectivity index (χ4v) is 3.96. The van der Waals surface area contributed by atoms with E-state index >= 15 is 0 Å². The van der Waals surface area contributed by atoms with Crippen LogP contribution in [0.15, 0.2) is 60.7 Å². The number of hydrogen-bond acceptors (Lipinski definition) is 7. The van der Waals surface area contributed by atoms with E-state index in [1.807, 2.05) is 6.07 Å². The monoisotopic (exact) mass is 527 g/mol. The molecule has 2 aromatic rings. The number of hydrogen-bond donors (Lipinski definition) is 4. The van der Waals surface area contributed by atoms with E-state index in [2.05, 4.69) is 5.32 Å². The molecule has 0 saturated carbocycles. The van der Waals surface area contributed by atoms with Gasteiger partial charge < -0.3 is 26.0 Å². The molecule has 2 rings (SSSR count). The van der Waals surface area contributed by atoms with Crippen LogP contribution in [0.1, 0.15) is 37.3 Å². The minimum Gasteiger partial charge on any atom is -0.480 e. The molecule has 10 heteroatoms. The Morgan fingerprint density at radius 2 is 1.53 bits per heavy atom. The third-order valence-electron chi connectivity index (χ3n) is 6.03. The number of carboxylic acids is 1. The first-order valence-electron chi connectivity index (χ1n) is 12.5.